The summed E-state index contributed by atoms with van der Waals surface area (Å²) < 4.78 is 5.28. The number of ether oxygens (including phenoxy) is 1. The van der Waals surface area contributed by atoms with Crippen LogP contribution < -0.4 is 15.0 Å². The lowest BCUT2D eigenvalue weighted by Crippen LogP contribution is -3.08. The summed E-state index contributed by atoms with van der Waals surface area (Å²) >= 11 is 0. The van der Waals surface area contributed by atoms with Crippen LogP contribution >= 0.6 is 0 Å². The summed E-state index contributed by atoms with van der Waals surface area (Å²) in [6.45, 7) is 1.77. The molecule has 2 aromatic carbocycles. The standard InChI is InChI=1S/C18H22N2O2/c1-20(13-15-8-4-3-5-9-15)14-18(21)19-12-16-10-6-7-11-17(16)22-2/h3-11H,12-14H2,1-2H3,(H,19,21)/p+1. The van der Waals surface area contributed by atoms with E-state index in [1.165, 1.54) is 5.56 Å². The highest BCUT2D eigenvalue weighted by Crippen LogP contribution is 2.16. The Balaban J connectivity index is 1.80. The first-order valence-electron chi connectivity index (χ1n) is 7.43. The summed E-state index contributed by atoms with van der Waals surface area (Å²) in [7, 11) is 3.66. The molecular weight excluding hydrogens is 276 g/mol. The van der Waals surface area contributed by atoms with Crippen LogP contribution in [0.25, 0.3) is 0 Å². The zero-order valence-electron chi connectivity index (χ0n) is 13.1. The van der Waals surface area contributed by atoms with E-state index < -0.39 is 0 Å². The van der Waals surface area contributed by atoms with Gasteiger partial charge in [-0.05, 0) is 6.07 Å². The number of quaternary nitrogens is 1. The molecule has 2 N–H and O–H groups in total. The minimum absolute atomic E-state index is 0.0411. The number of benzene rings is 2. The van der Waals surface area contributed by atoms with Crippen LogP contribution in [0.1, 0.15) is 11.1 Å². The van der Waals surface area contributed by atoms with Gasteiger partial charge in [0.2, 0.25) is 0 Å². The summed E-state index contributed by atoms with van der Waals surface area (Å²) in [5, 5.41) is 2.95. The predicted octanol–water partition coefficient (Wildman–Crippen LogP) is 1.03. The molecule has 0 aliphatic rings. The quantitative estimate of drug-likeness (QED) is 0.802. The Kier molecular flexibility index (Phi) is 5.98. The summed E-state index contributed by atoms with van der Waals surface area (Å²) in [4.78, 5) is 13.2. The molecule has 4 nitrogen and oxygen atoms in total. The van der Waals surface area contributed by atoms with Crippen LogP contribution in [0, 0.1) is 0 Å². The molecule has 0 radical (unpaired) electrons. The number of likely N-dealkylation sites (N-methyl/N-ethyl adjacent to an activating group) is 1. The Hall–Kier alpha value is -2.33. The first-order chi connectivity index (χ1) is 10.7. The van der Waals surface area contributed by atoms with Crippen molar-refractivity contribution in [1.82, 2.24) is 5.32 Å². The first-order valence-corrected chi connectivity index (χ1v) is 7.43. The van der Waals surface area contributed by atoms with E-state index in [1.54, 1.807) is 7.11 Å². The predicted molar refractivity (Wildman–Crippen MR) is 86.7 cm³/mol. The lowest BCUT2D eigenvalue weighted by molar-refractivity contribution is -0.885. The Bertz CT molecular complexity index is 599. The molecule has 0 heterocycles. The van der Waals surface area contributed by atoms with Crippen molar-refractivity contribution >= 4 is 5.91 Å². The van der Waals surface area contributed by atoms with Gasteiger partial charge in [0.15, 0.2) is 6.54 Å². The lowest BCUT2D eigenvalue weighted by Gasteiger charge is -2.14. The summed E-state index contributed by atoms with van der Waals surface area (Å²) in [6.07, 6.45) is 0. The van der Waals surface area contributed by atoms with Crippen molar-refractivity contribution in [3.63, 3.8) is 0 Å². The molecule has 0 saturated heterocycles. The number of hydrogen-bond acceptors (Lipinski definition) is 2. The number of hydrogen-bond donors (Lipinski definition) is 2. The Morgan fingerprint density at radius 2 is 1.77 bits per heavy atom. The van der Waals surface area contributed by atoms with Crippen LogP contribution in [0.15, 0.2) is 54.6 Å². The number of carbonyl (C=O) groups excluding carboxylic acids is 1. The van der Waals surface area contributed by atoms with Gasteiger partial charge in [-0.15, -0.1) is 0 Å². The van der Waals surface area contributed by atoms with E-state index in [9.17, 15) is 4.79 Å². The number of para-hydroxylation sites is 1. The van der Waals surface area contributed by atoms with Gasteiger partial charge in [0.1, 0.15) is 12.3 Å². The lowest BCUT2D eigenvalue weighted by atomic mass is 10.2. The highest BCUT2D eigenvalue weighted by atomic mass is 16.5. The van der Waals surface area contributed by atoms with Gasteiger partial charge in [-0.25, -0.2) is 0 Å². The fraction of sp³-hybridized carbons (Fsp3) is 0.278. The van der Waals surface area contributed by atoms with Crippen LogP contribution in [-0.4, -0.2) is 26.6 Å². The second-order valence-electron chi connectivity index (χ2n) is 5.38. The molecule has 1 atom stereocenters. The van der Waals surface area contributed by atoms with Crippen molar-refractivity contribution in [3.8, 4) is 5.75 Å². The van der Waals surface area contributed by atoms with Gasteiger partial charge in [-0.1, -0.05) is 48.5 Å². The van der Waals surface area contributed by atoms with E-state index in [-0.39, 0.29) is 5.91 Å². The molecule has 0 bridgehead atoms. The zero-order valence-corrected chi connectivity index (χ0v) is 13.1. The molecule has 116 valence electrons. The largest absolute Gasteiger partial charge is 0.496 e. The molecular formula is C18H23N2O2+. The van der Waals surface area contributed by atoms with Crippen molar-refractivity contribution in [3.05, 3.63) is 65.7 Å². The van der Waals surface area contributed by atoms with E-state index in [4.69, 9.17) is 4.74 Å². The third-order valence-electron chi connectivity index (χ3n) is 3.48. The maximum atomic E-state index is 12.0. The van der Waals surface area contributed by atoms with Crippen LogP contribution in [0.4, 0.5) is 0 Å². The molecule has 0 aromatic heterocycles. The topological polar surface area (TPSA) is 42.8 Å². The number of amides is 1. The van der Waals surface area contributed by atoms with E-state index in [2.05, 4.69) is 17.4 Å². The number of rotatable bonds is 7. The van der Waals surface area contributed by atoms with Crippen LogP contribution in [-0.2, 0) is 17.9 Å². The molecule has 22 heavy (non-hydrogen) atoms. The third kappa shape index (κ3) is 4.90. The molecule has 0 spiro atoms. The molecule has 4 heteroatoms. The van der Waals surface area contributed by atoms with Gasteiger partial charge in [0.25, 0.3) is 5.91 Å². The van der Waals surface area contributed by atoms with E-state index in [1.807, 2.05) is 49.5 Å². The summed E-state index contributed by atoms with van der Waals surface area (Å²) in [6, 6.07) is 17.9. The van der Waals surface area contributed by atoms with Crippen LogP contribution in [0.3, 0.4) is 0 Å². The maximum absolute atomic E-state index is 12.0. The highest BCUT2D eigenvalue weighted by Gasteiger charge is 2.11. The van der Waals surface area contributed by atoms with Crippen LogP contribution in [0.5, 0.6) is 5.75 Å². The van der Waals surface area contributed by atoms with E-state index in [0.29, 0.717) is 13.1 Å². The Morgan fingerprint density at radius 1 is 1.09 bits per heavy atom. The highest BCUT2D eigenvalue weighted by molar-refractivity contribution is 5.76. The maximum Gasteiger partial charge on any atom is 0.275 e. The van der Waals surface area contributed by atoms with Gasteiger partial charge >= 0.3 is 0 Å². The van der Waals surface area contributed by atoms with Crippen molar-refractivity contribution < 1.29 is 14.4 Å². The SMILES string of the molecule is COc1ccccc1CNC(=O)C[NH+](C)Cc1ccccc1. The number of methoxy groups -OCH3 is 1. The second kappa shape index (κ2) is 8.20. The van der Waals surface area contributed by atoms with Crippen molar-refractivity contribution in [1.29, 1.82) is 0 Å². The van der Waals surface area contributed by atoms with E-state index >= 15 is 0 Å². The first kappa shape index (κ1) is 16.0. The zero-order chi connectivity index (χ0) is 15.8. The fourth-order valence-electron chi connectivity index (χ4n) is 2.39. The van der Waals surface area contributed by atoms with Gasteiger partial charge in [0, 0.05) is 17.7 Å². The van der Waals surface area contributed by atoms with Crippen molar-refractivity contribution in [2.24, 2.45) is 0 Å². The smallest absolute Gasteiger partial charge is 0.275 e. The Labute approximate surface area is 131 Å². The van der Waals surface area contributed by atoms with E-state index in [0.717, 1.165) is 22.8 Å². The second-order valence-corrected chi connectivity index (χ2v) is 5.38. The van der Waals surface area contributed by atoms with Gasteiger partial charge in [0.05, 0.1) is 14.2 Å². The molecule has 0 fully saturated rings. The fourth-order valence-corrected chi connectivity index (χ4v) is 2.39. The minimum Gasteiger partial charge on any atom is -0.496 e. The van der Waals surface area contributed by atoms with Gasteiger partial charge < -0.3 is 15.0 Å². The number of carbonyl (C=O) groups is 1. The molecule has 1 amide bonds. The van der Waals surface area contributed by atoms with Gasteiger partial charge in [-0.3, -0.25) is 4.79 Å². The van der Waals surface area contributed by atoms with Crippen LogP contribution in [0.2, 0.25) is 0 Å². The number of nitrogens with one attached hydrogen (secondary N) is 2. The van der Waals surface area contributed by atoms with Crippen molar-refractivity contribution in [2.45, 2.75) is 13.1 Å². The Morgan fingerprint density at radius 3 is 2.50 bits per heavy atom. The summed E-state index contributed by atoms with van der Waals surface area (Å²) in [5.74, 6) is 0.840. The molecule has 2 aromatic rings. The molecule has 0 saturated carbocycles. The van der Waals surface area contributed by atoms with Gasteiger partial charge in [-0.2, -0.15) is 0 Å². The average molecular weight is 299 g/mol. The molecule has 0 aliphatic heterocycles. The molecule has 1 unspecified atom stereocenters. The minimum atomic E-state index is 0.0411. The normalized spacial score (nSPS) is 11.7. The average Bonchev–Trinajstić information content (AvgIpc) is 2.54. The third-order valence-corrected chi connectivity index (χ3v) is 3.48. The molecule has 0 aliphatic carbocycles. The van der Waals surface area contributed by atoms with Crippen molar-refractivity contribution in [2.75, 3.05) is 20.7 Å². The monoisotopic (exact) mass is 299 g/mol. The summed E-state index contributed by atoms with van der Waals surface area (Å²) in [5.41, 5.74) is 2.22. The molecule has 2 rings (SSSR count).